The molecule has 15 rings (SSSR count). The zero-order valence-corrected chi connectivity index (χ0v) is 46.2. The van der Waals surface area contributed by atoms with Crippen LogP contribution in [0.3, 0.4) is 0 Å². The Morgan fingerprint density at radius 3 is 1.27 bits per heavy atom. The molecule has 12 aromatic carbocycles. The molecule has 0 aliphatic rings. The van der Waals surface area contributed by atoms with Gasteiger partial charge in [0.15, 0.2) is 17.5 Å². The third-order valence-electron chi connectivity index (χ3n) is 16.4. The summed E-state index contributed by atoms with van der Waals surface area (Å²) in [5.41, 5.74) is 20.9. The Morgan fingerprint density at radius 2 is 0.706 bits per heavy atom. The van der Waals surface area contributed by atoms with Crippen LogP contribution in [0.15, 0.2) is 279 Å². The van der Waals surface area contributed by atoms with E-state index in [0.29, 0.717) is 28.6 Å². The first kappa shape index (κ1) is 50.2. The highest BCUT2D eigenvalue weighted by Crippen LogP contribution is 2.43. The lowest BCUT2D eigenvalue weighted by molar-refractivity contribution is 1.06. The van der Waals surface area contributed by atoms with Gasteiger partial charge >= 0.3 is 0 Å². The molecule has 3 heterocycles. The van der Waals surface area contributed by atoms with Gasteiger partial charge in [-0.3, -0.25) is 0 Å². The van der Waals surface area contributed by atoms with Crippen LogP contribution >= 0.6 is 0 Å². The summed E-state index contributed by atoms with van der Waals surface area (Å²) in [5.74, 6) is 1.44. The van der Waals surface area contributed by atoms with E-state index in [0.717, 1.165) is 133 Å². The van der Waals surface area contributed by atoms with Crippen molar-refractivity contribution in [3.63, 3.8) is 0 Å². The first-order valence-electron chi connectivity index (χ1n) is 28.4. The molecule has 0 N–H and O–H groups in total. The lowest BCUT2D eigenvalue weighted by Gasteiger charge is -2.19. The summed E-state index contributed by atoms with van der Waals surface area (Å²) in [7, 11) is 0. The number of nitriles is 2. The molecule has 0 saturated carbocycles. The summed E-state index contributed by atoms with van der Waals surface area (Å²) in [5, 5.41) is 24.8. The van der Waals surface area contributed by atoms with Crippen molar-refractivity contribution in [3.05, 3.63) is 296 Å². The zero-order valence-electron chi connectivity index (χ0n) is 46.2. The van der Waals surface area contributed by atoms with Gasteiger partial charge in [0.1, 0.15) is 0 Å². The number of benzene rings is 12. The summed E-state index contributed by atoms with van der Waals surface area (Å²) < 4.78 is 4.70. The van der Waals surface area contributed by atoms with E-state index in [9.17, 15) is 10.5 Å². The van der Waals surface area contributed by atoms with Crippen LogP contribution < -0.4 is 0 Å². The molecule has 0 atom stereocenters. The van der Waals surface area contributed by atoms with Crippen molar-refractivity contribution < 1.29 is 0 Å². The van der Waals surface area contributed by atoms with Gasteiger partial charge < -0.3 is 9.13 Å². The Kier molecular flexibility index (Phi) is 12.4. The van der Waals surface area contributed by atoms with Crippen LogP contribution in [0.1, 0.15) is 16.7 Å². The van der Waals surface area contributed by atoms with Crippen molar-refractivity contribution in [2.24, 2.45) is 0 Å². The number of hydrogen-bond acceptors (Lipinski definition) is 5. The minimum atomic E-state index is 0.469. The van der Waals surface area contributed by atoms with Gasteiger partial charge in [-0.15, -0.1) is 0 Å². The summed E-state index contributed by atoms with van der Waals surface area (Å²) in [6, 6.07) is 102. The van der Waals surface area contributed by atoms with Crippen LogP contribution in [0, 0.1) is 29.6 Å². The highest BCUT2D eigenvalue weighted by molar-refractivity contribution is 6.12. The van der Waals surface area contributed by atoms with Crippen LogP contribution in [-0.4, -0.2) is 24.1 Å². The molecule has 0 unspecified atom stereocenters. The highest BCUT2D eigenvalue weighted by Gasteiger charge is 2.25. The molecule has 7 heteroatoms. The minimum absolute atomic E-state index is 0.469. The van der Waals surface area contributed by atoms with Crippen LogP contribution in [0.25, 0.3) is 145 Å². The fourth-order valence-electron chi connectivity index (χ4n) is 12.3. The Balaban J connectivity index is 1.01. The molecule has 15 aromatic rings. The number of aryl methyl sites for hydroxylation is 1. The average molecular weight is 1080 g/mol. The second kappa shape index (κ2) is 21.0. The van der Waals surface area contributed by atoms with E-state index in [-0.39, 0.29) is 0 Å². The van der Waals surface area contributed by atoms with E-state index in [2.05, 4.69) is 253 Å². The van der Waals surface area contributed by atoms with Gasteiger partial charge in [0.25, 0.3) is 0 Å². The normalized spacial score (nSPS) is 11.3. The molecule has 0 spiro atoms. The standard InChI is InChI=1S/C78H49N7/c1-50-17-8-10-25-62(50)59-35-39-66(74(46-59)84-70-29-14-12-27-64(70)68-44-57(37-41-72(68)84)52-19-4-2-5-20-52)77-81-76(55-33-31-54(32-34-55)56-24-16-18-51(43-56)48-79)82-78(83-77)67-40-36-60(63-26-11-9-23-61(63)49-80)47-75(67)85-71-30-15-13-28-65(71)69-45-58(38-42-73(69)85)53-21-6-3-7-22-53/h2-47H,1H3. The molecular weight excluding hydrogens is 1030 g/mol. The van der Waals surface area contributed by atoms with E-state index in [4.69, 9.17) is 15.0 Å². The lowest BCUT2D eigenvalue weighted by atomic mass is 9.97. The minimum Gasteiger partial charge on any atom is -0.308 e. The van der Waals surface area contributed by atoms with E-state index in [1.165, 1.54) is 0 Å². The van der Waals surface area contributed by atoms with E-state index < -0.39 is 0 Å². The summed E-state index contributed by atoms with van der Waals surface area (Å²) >= 11 is 0. The van der Waals surface area contributed by atoms with Gasteiger partial charge in [-0.25, -0.2) is 15.0 Å². The maximum Gasteiger partial charge on any atom is 0.166 e. The number of hydrogen-bond donors (Lipinski definition) is 0. The molecule has 0 radical (unpaired) electrons. The van der Waals surface area contributed by atoms with Gasteiger partial charge in [0.05, 0.1) is 56.7 Å². The topological polar surface area (TPSA) is 96.1 Å². The zero-order chi connectivity index (χ0) is 57.0. The van der Waals surface area contributed by atoms with Gasteiger partial charge in [-0.1, -0.05) is 200 Å². The highest BCUT2D eigenvalue weighted by atomic mass is 15.1. The van der Waals surface area contributed by atoms with Crippen LogP contribution in [0.4, 0.5) is 0 Å². The second-order valence-corrected chi connectivity index (χ2v) is 21.4. The Bertz CT molecular complexity index is 5210. The number of aromatic nitrogens is 5. The molecule has 0 aliphatic heterocycles. The van der Waals surface area contributed by atoms with Crippen molar-refractivity contribution in [1.29, 1.82) is 10.5 Å². The molecule has 7 nitrogen and oxygen atoms in total. The predicted octanol–water partition coefficient (Wildman–Crippen LogP) is 19.5. The number of para-hydroxylation sites is 2. The van der Waals surface area contributed by atoms with E-state index in [1.807, 2.05) is 54.6 Å². The molecule has 85 heavy (non-hydrogen) atoms. The van der Waals surface area contributed by atoms with Crippen LogP contribution in [0.5, 0.6) is 0 Å². The summed E-state index contributed by atoms with van der Waals surface area (Å²) in [4.78, 5) is 16.7. The van der Waals surface area contributed by atoms with Crippen molar-refractivity contribution in [2.75, 3.05) is 0 Å². The largest absolute Gasteiger partial charge is 0.308 e. The molecule has 0 amide bonds. The monoisotopic (exact) mass is 1080 g/mol. The molecule has 0 fully saturated rings. The van der Waals surface area contributed by atoms with Crippen molar-refractivity contribution in [3.8, 4) is 113 Å². The fourth-order valence-corrected chi connectivity index (χ4v) is 12.3. The van der Waals surface area contributed by atoms with Crippen LogP contribution in [-0.2, 0) is 0 Å². The van der Waals surface area contributed by atoms with Crippen LogP contribution in [0.2, 0.25) is 0 Å². The van der Waals surface area contributed by atoms with E-state index in [1.54, 1.807) is 0 Å². The number of nitrogens with zero attached hydrogens (tertiary/aromatic N) is 7. The Labute approximate surface area is 491 Å². The van der Waals surface area contributed by atoms with Gasteiger partial charge in [-0.05, 0) is 147 Å². The molecule has 0 saturated heterocycles. The Morgan fingerprint density at radius 1 is 0.282 bits per heavy atom. The molecule has 3 aromatic heterocycles. The predicted molar refractivity (Wildman–Crippen MR) is 346 cm³/mol. The third-order valence-corrected chi connectivity index (χ3v) is 16.4. The molecule has 396 valence electrons. The smallest absolute Gasteiger partial charge is 0.166 e. The number of rotatable bonds is 10. The fraction of sp³-hybridized carbons (Fsp3) is 0.0128. The SMILES string of the molecule is Cc1ccccc1-c1ccc(-c2nc(-c3ccc(-c4cccc(C#N)c4)cc3)nc(-c3ccc(-c4ccccc4C#N)cc3-n3c4ccccc4c4cc(-c5ccccc5)ccc43)n2)c(-n2c3ccccc3c3cc(-c4ccccc4)ccc32)c1. The molecular formula is C78H49N7. The molecule has 0 bridgehead atoms. The lowest BCUT2D eigenvalue weighted by Crippen LogP contribution is -2.06. The first-order valence-corrected chi connectivity index (χ1v) is 28.4. The summed E-state index contributed by atoms with van der Waals surface area (Å²) in [6.07, 6.45) is 0. The van der Waals surface area contributed by atoms with Crippen molar-refractivity contribution in [2.45, 2.75) is 6.92 Å². The maximum atomic E-state index is 10.5. The third kappa shape index (κ3) is 8.89. The van der Waals surface area contributed by atoms with Gasteiger partial charge in [0, 0.05) is 38.2 Å². The van der Waals surface area contributed by atoms with Crippen molar-refractivity contribution in [1.82, 2.24) is 24.1 Å². The average Bonchev–Trinajstić information content (AvgIpc) is 1.84. The first-order chi connectivity index (χ1) is 42.0. The van der Waals surface area contributed by atoms with E-state index >= 15 is 0 Å². The van der Waals surface area contributed by atoms with Gasteiger partial charge in [-0.2, -0.15) is 10.5 Å². The maximum absolute atomic E-state index is 10.5. The second-order valence-electron chi connectivity index (χ2n) is 21.4. The van der Waals surface area contributed by atoms with Gasteiger partial charge in [0.2, 0.25) is 0 Å². The number of fused-ring (bicyclic) bond motifs is 6. The Hall–Kier alpha value is -11.8. The quantitative estimate of drug-likeness (QED) is 0.136. The van der Waals surface area contributed by atoms with Crippen molar-refractivity contribution >= 4 is 43.6 Å². The summed E-state index contributed by atoms with van der Waals surface area (Å²) in [6.45, 7) is 2.16. The molecule has 0 aliphatic carbocycles.